The van der Waals surface area contributed by atoms with Crippen molar-refractivity contribution >= 4 is 5.82 Å². The molecule has 2 aromatic heterocycles. The van der Waals surface area contributed by atoms with Gasteiger partial charge in [0, 0.05) is 24.8 Å². The number of anilines is 1. The van der Waals surface area contributed by atoms with Crippen LogP contribution < -0.4 is 9.64 Å². The Morgan fingerprint density at radius 2 is 2.09 bits per heavy atom. The fraction of sp³-hybridized carbons (Fsp3) is 0.588. The van der Waals surface area contributed by atoms with Gasteiger partial charge in [0.1, 0.15) is 12.1 Å². The minimum absolute atomic E-state index is 0.290. The molecule has 122 valence electrons. The van der Waals surface area contributed by atoms with E-state index in [0.717, 1.165) is 43.2 Å². The molecule has 6 nitrogen and oxygen atoms in total. The first kappa shape index (κ1) is 14.5. The number of methoxy groups -OCH3 is 1. The Kier molecular flexibility index (Phi) is 3.47. The highest BCUT2D eigenvalue weighted by Crippen LogP contribution is 2.42. The summed E-state index contributed by atoms with van der Waals surface area (Å²) in [6.45, 7) is 3.10. The maximum atomic E-state index is 5.63. The molecule has 0 amide bonds. The molecule has 0 bridgehead atoms. The highest BCUT2D eigenvalue weighted by atomic mass is 16.5. The molecular weight excluding hydrogens is 290 g/mol. The SMILES string of the molecule is COc1c([C@H]2CCCN2c2ncnc3c2CCC3)c(C)nn1C. The van der Waals surface area contributed by atoms with Crippen LogP contribution in [0.2, 0.25) is 0 Å². The lowest BCUT2D eigenvalue weighted by Gasteiger charge is -2.27. The smallest absolute Gasteiger partial charge is 0.216 e. The van der Waals surface area contributed by atoms with E-state index in [1.807, 2.05) is 11.7 Å². The molecule has 2 aliphatic rings. The predicted molar refractivity (Wildman–Crippen MR) is 87.9 cm³/mol. The number of nitrogens with zero attached hydrogens (tertiary/aromatic N) is 5. The summed E-state index contributed by atoms with van der Waals surface area (Å²) < 4.78 is 7.47. The van der Waals surface area contributed by atoms with Crippen molar-refractivity contribution in [3.8, 4) is 5.88 Å². The monoisotopic (exact) mass is 313 g/mol. The minimum Gasteiger partial charge on any atom is -0.481 e. The lowest BCUT2D eigenvalue weighted by atomic mass is 10.0. The van der Waals surface area contributed by atoms with Crippen molar-refractivity contribution in [2.45, 2.75) is 45.1 Å². The number of ether oxygens (including phenoxy) is 1. The average molecular weight is 313 g/mol. The van der Waals surface area contributed by atoms with Gasteiger partial charge in [-0.25, -0.2) is 14.6 Å². The van der Waals surface area contributed by atoms with Crippen LogP contribution in [0.1, 0.15) is 47.8 Å². The molecule has 6 heteroatoms. The number of hydrogen-bond acceptors (Lipinski definition) is 5. The second-order valence-corrected chi connectivity index (χ2v) is 6.46. The highest BCUT2D eigenvalue weighted by molar-refractivity contribution is 5.54. The van der Waals surface area contributed by atoms with Crippen molar-refractivity contribution < 1.29 is 4.74 Å². The van der Waals surface area contributed by atoms with E-state index in [0.29, 0.717) is 6.04 Å². The molecule has 1 aliphatic heterocycles. The minimum atomic E-state index is 0.290. The zero-order chi connectivity index (χ0) is 16.0. The molecule has 1 saturated heterocycles. The van der Waals surface area contributed by atoms with Crippen molar-refractivity contribution in [3.63, 3.8) is 0 Å². The van der Waals surface area contributed by atoms with Crippen LogP contribution >= 0.6 is 0 Å². The van der Waals surface area contributed by atoms with Gasteiger partial charge in [-0.05, 0) is 39.0 Å². The predicted octanol–water partition coefficient (Wildman–Crippen LogP) is 2.36. The summed E-state index contributed by atoms with van der Waals surface area (Å²) in [6, 6.07) is 0.290. The first-order valence-electron chi connectivity index (χ1n) is 8.37. The Labute approximate surface area is 136 Å². The molecule has 0 aromatic carbocycles. The van der Waals surface area contributed by atoms with E-state index in [9.17, 15) is 0 Å². The molecule has 2 aromatic rings. The Bertz CT molecular complexity index is 739. The zero-order valence-corrected chi connectivity index (χ0v) is 14.0. The summed E-state index contributed by atoms with van der Waals surface area (Å²) in [5.74, 6) is 1.99. The fourth-order valence-electron chi connectivity index (χ4n) is 4.19. The van der Waals surface area contributed by atoms with E-state index in [-0.39, 0.29) is 0 Å². The van der Waals surface area contributed by atoms with Gasteiger partial charge < -0.3 is 9.64 Å². The molecule has 0 radical (unpaired) electrons. The normalized spacial score (nSPS) is 20.1. The average Bonchev–Trinajstić information content (AvgIpc) is 3.24. The second-order valence-electron chi connectivity index (χ2n) is 6.46. The Morgan fingerprint density at radius 3 is 2.91 bits per heavy atom. The standard InChI is InChI=1S/C17H23N5O/c1-11-15(17(23-3)21(2)20-11)14-8-5-9-22(14)16-12-6-4-7-13(12)18-10-19-16/h10,14H,4-9H2,1-3H3/t14-/m1/s1. The van der Waals surface area contributed by atoms with Crippen LogP contribution in [0.5, 0.6) is 5.88 Å². The van der Waals surface area contributed by atoms with Gasteiger partial charge in [0.05, 0.1) is 24.4 Å². The first-order chi connectivity index (χ1) is 11.2. The molecular formula is C17H23N5O. The third kappa shape index (κ3) is 2.19. The largest absolute Gasteiger partial charge is 0.481 e. The third-order valence-corrected chi connectivity index (χ3v) is 5.12. The van der Waals surface area contributed by atoms with E-state index in [2.05, 4.69) is 26.9 Å². The zero-order valence-electron chi connectivity index (χ0n) is 14.0. The van der Waals surface area contributed by atoms with Gasteiger partial charge >= 0.3 is 0 Å². The van der Waals surface area contributed by atoms with Crippen LogP contribution in [0.3, 0.4) is 0 Å². The van der Waals surface area contributed by atoms with E-state index >= 15 is 0 Å². The van der Waals surface area contributed by atoms with Crippen LogP contribution in [0.15, 0.2) is 6.33 Å². The van der Waals surface area contributed by atoms with Crippen LogP contribution in [0.25, 0.3) is 0 Å². The number of aromatic nitrogens is 4. The summed E-state index contributed by atoms with van der Waals surface area (Å²) in [4.78, 5) is 11.6. The van der Waals surface area contributed by atoms with Gasteiger partial charge in [-0.3, -0.25) is 0 Å². The van der Waals surface area contributed by atoms with Crippen LogP contribution in [0, 0.1) is 6.92 Å². The van der Waals surface area contributed by atoms with E-state index in [4.69, 9.17) is 4.74 Å². The van der Waals surface area contributed by atoms with E-state index in [1.165, 1.54) is 29.7 Å². The molecule has 4 rings (SSSR count). The summed E-state index contributed by atoms with van der Waals surface area (Å²) in [5.41, 5.74) is 4.83. The quantitative estimate of drug-likeness (QED) is 0.870. The number of fused-ring (bicyclic) bond motifs is 1. The lowest BCUT2D eigenvalue weighted by Crippen LogP contribution is -2.25. The maximum absolute atomic E-state index is 5.63. The Morgan fingerprint density at radius 1 is 1.22 bits per heavy atom. The molecule has 1 aliphatic carbocycles. The lowest BCUT2D eigenvalue weighted by molar-refractivity contribution is 0.366. The number of hydrogen-bond donors (Lipinski definition) is 0. The van der Waals surface area contributed by atoms with Crippen molar-refractivity contribution in [3.05, 3.63) is 28.8 Å². The van der Waals surface area contributed by atoms with Crippen LogP contribution in [-0.2, 0) is 19.9 Å². The highest BCUT2D eigenvalue weighted by Gasteiger charge is 2.35. The Hall–Kier alpha value is -2.11. The van der Waals surface area contributed by atoms with E-state index < -0.39 is 0 Å². The van der Waals surface area contributed by atoms with Gasteiger partial charge in [0.2, 0.25) is 5.88 Å². The summed E-state index contributed by atoms with van der Waals surface area (Å²) >= 11 is 0. The van der Waals surface area contributed by atoms with Crippen molar-refractivity contribution in [2.24, 2.45) is 7.05 Å². The molecule has 3 heterocycles. The van der Waals surface area contributed by atoms with Crippen LogP contribution in [0.4, 0.5) is 5.82 Å². The molecule has 0 unspecified atom stereocenters. The summed E-state index contributed by atoms with van der Waals surface area (Å²) in [6.07, 6.45) is 7.37. The second kappa shape index (κ2) is 5.51. The van der Waals surface area contributed by atoms with Gasteiger partial charge in [-0.2, -0.15) is 5.10 Å². The summed E-state index contributed by atoms with van der Waals surface area (Å²) in [7, 11) is 3.67. The van der Waals surface area contributed by atoms with Crippen molar-refractivity contribution in [1.29, 1.82) is 0 Å². The topological polar surface area (TPSA) is 56.1 Å². The van der Waals surface area contributed by atoms with Crippen molar-refractivity contribution in [2.75, 3.05) is 18.6 Å². The van der Waals surface area contributed by atoms with Gasteiger partial charge in [0.25, 0.3) is 0 Å². The Balaban J connectivity index is 1.78. The van der Waals surface area contributed by atoms with Crippen molar-refractivity contribution in [1.82, 2.24) is 19.7 Å². The molecule has 1 fully saturated rings. The first-order valence-corrected chi connectivity index (χ1v) is 8.37. The van der Waals surface area contributed by atoms with Gasteiger partial charge in [-0.15, -0.1) is 0 Å². The number of rotatable bonds is 3. The molecule has 0 saturated carbocycles. The molecule has 0 N–H and O–H groups in total. The van der Waals surface area contributed by atoms with E-state index in [1.54, 1.807) is 13.4 Å². The van der Waals surface area contributed by atoms with Gasteiger partial charge in [-0.1, -0.05) is 0 Å². The molecule has 1 atom stereocenters. The van der Waals surface area contributed by atoms with Crippen LogP contribution in [-0.4, -0.2) is 33.4 Å². The fourth-order valence-corrected chi connectivity index (χ4v) is 4.19. The number of aryl methyl sites for hydroxylation is 3. The third-order valence-electron chi connectivity index (χ3n) is 5.12. The molecule has 0 spiro atoms. The van der Waals surface area contributed by atoms with Gasteiger partial charge in [0.15, 0.2) is 0 Å². The molecule has 23 heavy (non-hydrogen) atoms. The maximum Gasteiger partial charge on any atom is 0.216 e. The summed E-state index contributed by atoms with van der Waals surface area (Å²) in [5, 5.41) is 4.56.